The summed E-state index contributed by atoms with van der Waals surface area (Å²) in [5.74, 6) is 1.93. The number of benzene rings is 6. The lowest BCUT2D eigenvalue weighted by molar-refractivity contribution is 1.07. The van der Waals surface area contributed by atoms with Crippen LogP contribution in [0.15, 0.2) is 164 Å². The van der Waals surface area contributed by atoms with Gasteiger partial charge in [-0.2, -0.15) is 0 Å². The Bertz CT molecular complexity index is 2380. The van der Waals surface area contributed by atoms with Crippen molar-refractivity contribution in [2.24, 2.45) is 0 Å². The molecule has 0 saturated heterocycles. The number of hydrogen-bond acceptors (Lipinski definition) is 5. The van der Waals surface area contributed by atoms with Gasteiger partial charge in [0.1, 0.15) is 6.33 Å². The van der Waals surface area contributed by atoms with Crippen LogP contribution in [-0.4, -0.2) is 24.9 Å². The van der Waals surface area contributed by atoms with Gasteiger partial charge in [-0.25, -0.2) is 24.9 Å². The van der Waals surface area contributed by atoms with Gasteiger partial charge in [0.05, 0.1) is 11.4 Å². The molecule has 0 spiro atoms. The molecule has 2 heterocycles. The number of nitrogens with zero attached hydrogens (tertiary/aromatic N) is 5. The Hall–Kier alpha value is -6.59. The van der Waals surface area contributed by atoms with Crippen LogP contribution in [0.4, 0.5) is 0 Å². The number of rotatable bonds is 6. The first-order chi connectivity index (χ1) is 24.3. The minimum atomic E-state index is 0.633. The van der Waals surface area contributed by atoms with Gasteiger partial charge in [-0.05, 0) is 46.0 Å². The molecule has 0 amide bonds. The molecule has 2 aromatic heterocycles. The van der Waals surface area contributed by atoms with Crippen molar-refractivity contribution >= 4 is 0 Å². The number of hydrogen-bond donors (Lipinski definition) is 0. The van der Waals surface area contributed by atoms with E-state index in [1.165, 1.54) is 16.7 Å². The van der Waals surface area contributed by atoms with Crippen molar-refractivity contribution in [3.8, 4) is 78.9 Å². The van der Waals surface area contributed by atoms with Crippen molar-refractivity contribution in [1.82, 2.24) is 24.9 Å². The van der Waals surface area contributed by atoms with Crippen molar-refractivity contribution in [2.45, 2.75) is 6.42 Å². The Labute approximate surface area is 284 Å². The normalized spacial score (nSPS) is 11.6. The van der Waals surface area contributed by atoms with E-state index in [1.807, 2.05) is 60.7 Å². The first kappa shape index (κ1) is 28.6. The van der Waals surface area contributed by atoms with E-state index in [1.54, 1.807) is 6.33 Å². The summed E-state index contributed by atoms with van der Waals surface area (Å²) < 4.78 is 0. The van der Waals surface area contributed by atoms with Crippen LogP contribution >= 0.6 is 0 Å². The second kappa shape index (κ2) is 12.2. The summed E-state index contributed by atoms with van der Waals surface area (Å²) in [7, 11) is 0. The quantitative estimate of drug-likeness (QED) is 0.184. The molecule has 8 aromatic rings. The summed E-state index contributed by atoms with van der Waals surface area (Å²) in [6.07, 6.45) is 2.52. The molecule has 5 nitrogen and oxygen atoms in total. The topological polar surface area (TPSA) is 64.5 Å². The molecule has 0 aliphatic heterocycles. The number of aromatic nitrogens is 5. The van der Waals surface area contributed by atoms with E-state index in [0.29, 0.717) is 17.5 Å². The molecule has 6 aromatic carbocycles. The maximum atomic E-state index is 4.92. The molecule has 0 unspecified atom stereocenters. The minimum absolute atomic E-state index is 0.633. The molecule has 0 saturated carbocycles. The van der Waals surface area contributed by atoms with E-state index in [-0.39, 0.29) is 0 Å². The van der Waals surface area contributed by atoms with Crippen LogP contribution in [0.1, 0.15) is 11.1 Å². The molecule has 49 heavy (non-hydrogen) atoms. The second-order valence-corrected chi connectivity index (χ2v) is 12.2. The fourth-order valence-corrected chi connectivity index (χ4v) is 6.63. The molecule has 0 radical (unpaired) electrons. The third kappa shape index (κ3) is 5.47. The maximum Gasteiger partial charge on any atom is 0.164 e. The predicted octanol–water partition coefficient (Wildman–Crippen LogP) is 10.2. The summed E-state index contributed by atoms with van der Waals surface area (Å²) in [6.45, 7) is 0. The van der Waals surface area contributed by atoms with Crippen molar-refractivity contribution in [3.05, 3.63) is 175 Å². The van der Waals surface area contributed by atoms with Gasteiger partial charge in [0.15, 0.2) is 17.5 Å². The molecule has 0 N–H and O–H groups in total. The molecule has 1 aliphatic carbocycles. The van der Waals surface area contributed by atoms with E-state index in [2.05, 4.69) is 97.1 Å². The molecule has 0 bridgehead atoms. The van der Waals surface area contributed by atoms with Crippen LogP contribution in [0.3, 0.4) is 0 Å². The zero-order valence-electron chi connectivity index (χ0n) is 26.5. The predicted molar refractivity (Wildman–Crippen MR) is 196 cm³/mol. The molecule has 5 heteroatoms. The Morgan fingerprint density at radius 1 is 0.347 bits per heavy atom. The van der Waals surface area contributed by atoms with Crippen LogP contribution in [0.2, 0.25) is 0 Å². The largest absolute Gasteiger partial charge is 0.236 e. The van der Waals surface area contributed by atoms with Crippen LogP contribution in [-0.2, 0) is 6.42 Å². The maximum absolute atomic E-state index is 4.92. The molecular formula is C44H29N5. The van der Waals surface area contributed by atoms with Crippen LogP contribution in [0.5, 0.6) is 0 Å². The lowest BCUT2D eigenvalue weighted by atomic mass is 9.93. The fourth-order valence-electron chi connectivity index (χ4n) is 6.63. The van der Waals surface area contributed by atoms with E-state index in [0.717, 1.165) is 62.3 Å². The molecule has 0 fully saturated rings. The van der Waals surface area contributed by atoms with Gasteiger partial charge in [-0.3, -0.25) is 0 Å². The van der Waals surface area contributed by atoms with E-state index in [9.17, 15) is 0 Å². The molecule has 1 aliphatic rings. The smallest absolute Gasteiger partial charge is 0.164 e. The molecule has 230 valence electrons. The highest BCUT2D eigenvalue weighted by atomic mass is 15.0. The summed E-state index contributed by atoms with van der Waals surface area (Å²) in [5.41, 5.74) is 14.1. The van der Waals surface area contributed by atoms with Crippen LogP contribution < -0.4 is 0 Å². The van der Waals surface area contributed by atoms with Crippen LogP contribution in [0, 0.1) is 0 Å². The number of fused-ring (bicyclic) bond motifs is 3. The van der Waals surface area contributed by atoms with Gasteiger partial charge in [0, 0.05) is 39.8 Å². The SMILES string of the molecule is c1ccc(-c2cc(-c3ccc(-c4nc(-c5ccccc5)nc(-c5ccccc5)n4)cc3)cc(-c3ncnc4c3Cc3ccccc3-4)c2)cc1. The van der Waals surface area contributed by atoms with Gasteiger partial charge in [0.2, 0.25) is 0 Å². The molecular weight excluding hydrogens is 599 g/mol. The monoisotopic (exact) mass is 627 g/mol. The molecule has 0 atom stereocenters. The van der Waals surface area contributed by atoms with Gasteiger partial charge >= 0.3 is 0 Å². The average Bonchev–Trinajstić information content (AvgIpc) is 3.58. The Balaban J connectivity index is 1.14. The zero-order chi connectivity index (χ0) is 32.6. The zero-order valence-corrected chi connectivity index (χ0v) is 26.5. The van der Waals surface area contributed by atoms with Crippen molar-refractivity contribution in [3.63, 3.8) is 0 Å². The first-order valence-corrected chi connectivity index (χ1v) is 16.4. The summed E-state index contributed by atoms with van der Waals surface area (Å²) >= 11 is 0. The van der Waals surface area contributed by atoms with Crippen molar-refractivity contribution in [1.29, 1.82) is 0 Å². The highest BCUT2D eigenvalue weighted by molar-refractivity contribution is 5.85. The first-order valence-electron chi connectivity index (χ1n) is 16.4. The Kier molecular flexibility index (Phi) is 7.13. The Morgan fingerprint density at radius 3 is 1.37 bits per heavy atom. The van der Waals surface area contributed by atoms with Crippen LogP contribution in [0.25, 0.3) is 78.9 Å². The van der Waals surface area contributed by atoms with Gasteiger partial charge < -0.3 is 0 Å². The minimum Gasteiger partial charge on any atom is -0.236 e. The third-order valence-corrected chi connectivity index (χ3v) is 9.07. The van der Waals surface area contributed by atoms with Crippen molar-refractivity contribution < 1.29 is 0 Å². The van der Waals surface area contributed by atoms with Crippen molar-refractivity contribution in [2.75, 3.05) is 0 Å². The van der Waals surface area contributed by atoms with E-state index < -0.39 is 0 Å². The second-order valence-electron chi connectivity index (χ2n) is 12.2. The third-order valence-electron chi connectivity index (χ3n) is 9.07. The summed E-state index contributed by atoms with van der Waals surface area (Å²) in [5, 5.41) is 0. The highest BCUT2D eigenvalue weighted by Gasteiger charge is 2.24. The molecule has 9 rings (SSSR count). The van der Waals surface area contributed by atoms with E-state index >= 15 is 0 Å². The van der Waals surface area contributed by atoms with Gasteiger partial charge in [0.25, 0.3) is 0 Å². The lowest BCUT2D eigenvalue weighted by Crippen LogP contribution is -2.00. The lowest BCUT2D eigenvalue weighted by Gasteiger charge is -2.13. The standard InChI is InChI=1S/C44H29N5/c1-4-12-29(13-5-1)35-24-36(26-37(25-35)40-39-27-34-18-10-11-19-38(34)41(39)46-28-45-40)30-20-22-33(23-21-30)44-48-42(31-14-6-2-7-15-31)47-43(49-44)32-16-8-3-9-17-32/h1-26,28H,27H2. The Morgan fingerprint density at radius 2 is 0.776 bits per heavy atom. The highest BCUT2D eigenvalue weighted by Crippen LogP contribution is 2.41. The van der Waals surface area contributed by atoms with Gasteiger partial charge in [-0.15, -0.1) is 0 Å². The summed E-state index contributed by atoms with van der Waals surface area (Å²) in [6, 6.07) is 54.4. The van der Waals surface area contributed by atoms with Gasteiger partial charge in [-0.1, -0.05) is 140 Å². The fraction of sp³-hybridized carbons (Fsp3) is 0.0227. The van der Waals surface area contributed by atoms with E-state index in [4.69, 9.17) is 24.9 Å². The summed E-state index contributed by atoms with van der Waals surface area (Å²) in [4.78, 5) is 24.3. The average molecular weight is 628 g/mol.